The van der Waals surface area contributed by atoms with Crippen molar-refractivity contribution in [2.24, 2.45) is 4.99 Å². The van der Waals surface area contributed by atoms with E-state index in [0.717, 1.165) is 0 Å². The Morgan fingerprint density at radius 1 is 1.24 bits per heavy atom. The van der Waals surface area contributed by atoms with Gasteiger partial charge >= 0.3 is 0 Å². The minimum absolute atomic E-state index is 0.312. The number of hydrogen-bond acceptors (Lipinski definition) is 4. The number of aliphatic imine (C=N–C) groups is 1. The van der Waals surface area contributed by atoms with Crippen LogP contribution in [0, 0.1) is 17.3 Å². The van der Waals surface area contributed by atoms with Crippen LogP contribution in [0.1, 0.15) is 0 Å². The second-order valence-corrected chi connectivity index (χ2v) is 4.71. The average molecular weight is 301 g/mol. The number of rotatable bonds is 3. The number of nitriles is 1. The van der Waals surface area contributed by atoms with Crippen molar-refractivity contribution in [3.8, 4) is 17.7 Å². The lowest BCUT2D eigenvalue weighted by molar-refractivity contribution is 0.481. The normalized spacial score (nSPS) is 10.8. The molecule has 21 heavy (non-hydrogen) atoms. The Kier molecular flexibility index (Phi) is 5.18. The van der Waals surface area contributed by atoms with Gasteiger partial charge in [-0.25, -0.2) is 9.38 Å². The molecule has 0 heterocycles. The van der Waals surface area contributed by atoms with Crippen LogP contribution in [0.15, 0.2) is 53.5 Å². The summed E-state index contributed by atoms with van der Waals surface area (Å²) in [6.45, 7) is 0. The van der Waals surface area contributed by atoms with Crippen molar-refractivity contribution in [1.82, 2.24) is 5.32 Å². The highest BCUT2D eigenvalue weighted by Crippen LogP contribution is 2.26. The van der Waals surface area contributed by atoms with Crippen molar-refractivity contribution in [3.63, 3.8) is 0 Å². The van der Waals surface area contributed by atoms with Crippen LogP contribution >= 0.6 is 11.8 Å². The van der Waals surface area contributed by atoms with Gasteiger partial charge in [0, 0.05) is 6.07 Å². The van der Waals surface area contributed by atoms with Gasteiger partial charge in [-0.3, -0.25) is 5.32 Å². The summed E-state index contributed by atoms with van der Waals surface area (Å²) in [6.07, 6.45) is 3.65. The van der Waals surface area contributed by atoms with Crippen molar-refractivity contribution >= 4 is 22.6 Å². The maximum atomic E-state index is 12.8. The monoisotopic (exact) mass is 301 g/mol. The van der Waals surface area contributed by atoms with Gasteiger partial charge in [0.1, 0.15) is 17.3 Å². The molecule has 0 radical (unpaired) electrons. The molecule has 0 aliphatic carbocycles. The van der Waals surface area contributed by atoms with E-state index < -0.39 is 0 Å². The van der Waals surface area contributed by atoms with Gasteiger partial charge in [-0.2, -0.15) is 5.26 Å². The molecule has 0 bridgehead atoms. The van der Waals surface area contributed by atoms with Crippen LogP contribution in [-0.2, 0) is 0 Å². The first-order valence-electron chi connectivity index (χ1n) is 6.02. The lowest BCUT2D eigenvalue weighted by Crippen LogP contribution is -2.12. The second-order valence-electron chi connectivity index (χ2n) is 3.91. The van der Waals surface area contributed by atoms with Crippen LogP contribution in [-0.4, -0.2) is 11.4 Å². The number of halogens is 1. The van der Waals surface area contributed by atoms with Crippen molar-refractivity contribution in [2.45, 2.75) is 0 Å². The number of nitrogens with zero attached hydrogens (tertiary/aromatic N) is 2. The molecule has 2 rings (SSSR count). The average Bonchev–Trinajstić information content (AvgIpc) is 2.49. The lowest BCUT2D eigenvalue weighted by Gasteiger charge is -2.06. The number of amidine groups is 1. The molecule has 4 nitrogen and oxygen atoms in total. The smallest absolute Gasteiger partial charge is 0.183 e. The van der Waals surface area contributed by atoms with Crippen molar-refractivity contribution < 1.29 is 9.13 Å². The Morgan fingerprint density at radius 3 is 2.67 bits per heavy atom. The van der Waals surface area contributed by atoms with E-state index in [9.17, 15) is 4.39 Å². The molecule has 0 saturated carbocycles. The molecule has 2 aromatic rings. The molecule has 0 spiro atoms. The fraction of sp³-hybridized carbons (Fsp3) is 0.0667. The number of ether oxygens (including phenoxy) is 1. The molecule has 0 aliphatic rings. The first-order chi connectivity index (χ1) is 10.2. The summed E-state index contributed by atoms with van der Waals surface area (Å²) in [7, 11) is 0. The lowest BCUT2D eigenvalue weighted by atomic mass is 10.3. The number of benzene rings is 2. The summed E-state index contributed by atoms with van der Waals surface area (Å²) in [6, 6.07) is 12.9. The number of nitrogens with one attached hydrogen (secondary N) is 1. The summed E-state index contributed by atoms with van der Waals surface area (Å²) >= 11 is 1.33. The van der Waals surface area contributed by atoms with E-state index in [1.54, 1.807) is 36.4 Å². The molecule has 0 aliphatic heterocycles. The topological polar surface area (TPSA) is 57.4 Å². The SMILES string of the molecule is CSC(=Nc1cccc(Oc2ccc(F)cc2)c1)NC#N. The van der Waals surface area contributed by atoms with E-state index in [-0.39, 0.29) is 5.82 Å². The summed E-state index contributed by atoms with van der Waals surface area (Å²) in [4.78, 5) is 4.29. The molecule has 1 N–H and O–H groups in total. The van der Waals surface area contributed by atoms with Crippen molar-refractivity contribution in [2.75, 3.05) is 6.26 Å². The van der Waals surface area contributed by atoms with Crippen molar-refractivity contribution in [3.05, 3.63) is 54.3 Å². The van der Waals surface area contributed by atoms with E-state index in [0.29, 0.717) is 22.4 Å². The largest absolute Gasteiger partial charge is 0.457 e. The summed E-state index contributed by atoms with van der Waals surface area (Å²) in [5.74, 6) is 0.811. The number of hydrogen-bond donors (Lipinski definition) is 1. The van der Waals surface area contributed by atoms with Crippen LogP contribution in [0.4, 0.5) is 10.1 Å². The van der Waals surface area contributed by atoms with Crippen LogP contribution in [0.25, 0.3) is 0 Å². The highest BCUT2D eigenvalue weighted by atomic mass is 32.2. The molecule has 0 atom stereocenters. The Morgan fingerprint density at radius 2 is 2.00 bits per heavy atom. The molecule has 0 amide bonds. The maximum Gasteiger partial charge on any atom is 0.183 e. The molecule has 2 aromatic carbocycles. The van der Waals surface area contributed by atoms with E-state index in [1.807, 2.05) is 12.4 Å². The van der Waals surface area contributed by atoms with E-state index >= 15 is 0 Å². The molecule has 0 aromatic heterocycles. The zero-order chi connectivity index (χ0) is 15.1. The Balaban J connectivity index is 2.17. The highest BCUT2D eigenvalue weighted by molar-refractivity contribution is 8.13. The Hall–Kier alpha value is -2.52. The van der Waals surface area contributed by atoms with Gasteiger partial charge in [-0.15, -0.1) is 0 Å². The van der Waals surface area contributed by atoms with Gasteiger partial charge in [-0.1, -0.05) is 17.8 Å². The third kappa shape index (κ3) is 4.51. The molecular formula is C15H12FN3OS. The van der Waals surface area contributed by atoms with Gasteiger partial charge in [0.05, 0.1) is 5.69 Å². The third-order valence-corrected chi connectivity index (χ3v) is 3.03. The Labute approximate surface area is 126 Å². The quantitative estimate of drug-likeness (QED) is 0.402. The zero-order valence-corrected chi connectivity index (χ0v) is 12.0. The standard InChI is InChI=1S/C15H12FN3OS/c1-21-15(18-10-17)19-12-3-2-4-14(9-12)20-13-7-5-11(16)6-8-13/h2-9H,1H3,(H,18,19). The zero-order valence-electron chi connectivity index (χ0n) is 11.2. The van der Waals surface area contributed by atoms with Crippen LogP contribution in [0.2, 0.25) is 0 Å². The van der Waals surface area contributed by atoms with Gasteiger partial charge in [0.25, 0.3) is 0 Å². The van der Waals surface area contributed by atoms with E-state index in [1.165, 1.54) is 23.9 Å². The minimum Gasteiger partial charge on any atom is -0.457 e. The fourth-order valence-electron chi connectivity index (χ4n) is 1.54. The predicted molar refractivity (Wildman–Crippen MR) is 82.3 cm³/mol. The van der Waals surface area contributed by atoms with E-state index in [4.69, 9.17) is 10.00 Å². The highest BCUT2D eigenvalue weighted by Gasteiger charge is 2.01. The Bertz CT molecular complexity index is 680. The first kappa shape index (κ1) is 14.9. The van der Waals surface area contributed by atoms with Gasteiger partial charge in [0.2, 0.25) is 0 Å². The molecule has 106 valence electrons. The van der Waals surface area contributed by atoms with Crippen LogP contribution in [0.5, 0.6) is 11.5 Å². The third-order valence-electron chi connectivity index (χ3n) is 2.45. The van der Waals surface area contributed by atoms with Gasteiger partial charge in [-0.05, 0) is 42.7 Å². The van der Waals surface area contributed by atoms with Crippen molar-refractivity contribution in [1.29, 1.82) is 5.26 Å². The molecule has 0 unspecified atom stereocenters. The minimum atomic E-state index is -0.312. The summed E-state index contributed by atoms with van der Waals surface area (Å²) in [5.41, 5.74) is 0.654. The molecule has 6 heteroatoms. The second kappa shape index (κ2) is 7.31. The van der Waals surface area contributed by atoms with Crippen LogP contribution in [0.3, 0.4) is 0 Å². The van der Waals surface area contributed by atoms with E-state index in [2.05, 4.69) is 10.3 Å². The first-order valence-corrected chi connectivity index (χ1v) is 7.25. The van der Waals surface area contributed by atoms with Gasteiger partial charge in [0.15, 0.2) is 11.4 Å². The molecular weight excluding hydrogens is 289 g/mol. The number of thioether (sulfide) groups is 1. The maximum absolute atomic E-state index is 12.8. The summed E-state index contributed by atoms with van der Waals surface area (Å²) < 4.78 is 18.5. The fourth-order valence-corrected chi connectivity index (χ4v) is 1.89. The molecule has 0 fully saturated rings. The van der Waals surface area contributed by atoms with Crippen LogP contribution < -0.4 is 10.1 Å². The predicted octanol–water partition coefficient (Wildman–Crippen LogP) is 4.04. The summed E-state index contributed by atoms with van der Waals surface area (Å²) in [5, 5.41) is 11.6. The molecule has 0 saturated heterocycles. The van der Waals surface area contributed by atoms with Gasteiger partial charge < -0.3 is 4.74 Å².